The molecule has 2 aromatic rings. The SMILES string of the molecule is C=CC(N1CCCCC1)S(=O)(=O)c1ccc(C(=O)N=C(N)N)cc1CN1CCN(Cc2ccc(OC)c(OC)c2OC)CC1. The van der Waals surface area contributed by atoms with Crippen LogP contribution in [0.25, 0.3) is 0 Å². The van der Waals surface area contributed by atoms with Gasteiger partial charge >= 0.3 is 0 Å². The molecule has 2 aliphatic rings. The zero-order valence-electron chi connectivity index (χ0n) is 25.8. The molecule has 1 amide bonds. The second-order valence-electron chi connectivity index (χ2n) is 11.0. The van der Waals surface area contributed by atoms with Crippen molar-refractivity contribution < 1.29 is 27.4 Å². The van der Waals surface area contributed by atoms with E-state index in [4.69, 9.17) is 25.7 Å². The molecule has 240 valence electrons. The number of ether oxygens (including phenoxy) is 3. The Labute approximate surface area is 260 Å². The third-order valence-corrected chi connectivity index (χ3v) is 10.3. The summed E-state index contributed by atoms with van der Waals surface area (Å²) < 4.78 is 44.8. The fourth-order valence-electron chi connectivity index (χ4n) is 5.95. The van der Waals surface area contributed by atoms with Crippen LogP contribution in [0.15, 0.2) is 52.9 Å². The zero-order chi connectivity index (χ0) is 31.9. The lowest BCUT2D eigenvalue weighted by molar-refractivity contribution is 0.100. The lowest BCUT2D eigenvalue weighted by atomic mass is 10.1. The van der Waals surface area contributed by atoms with Crippen LogP contribution in [-0.2, 0) is 22.9 Å². The average molecular weight is 629 g/mol. The number of benzene rings is 2. The minimum Gasteiger partial charge on any atom is -0.493 e. The Hall–Kier alpha value is -3.65. The lowest BCUT2D eigenvalue weighted by Crippen LogP contribution is -2.46. The van der Waals surface area contributed by atoms with E-state index in [2.05, 4.69) is 21.4 Å². The van der Waals surface area contributed by atoms with Gasteiger partial charge in [-0.1, -0.05) is 18.6 Å². The molecule has 2 aliphatic heterocycles. The van der Waals surface area contributed by atoms with Crippen molar-refractivity contribution in [2.24, 2.45) is 16.5 Å². The number of methoxy groups -OCH3 is 3. The van der Waals surface area contributed by atoms with Gasteiger partial charge in [-0.2, -0.15) is 4.99 Å². The van der Waals surface area contributed by atoms with Gasteiger partial charge in [-0.3, -0.25) is 19.5 Å². The molecule has 0 aliphatic carbocycles. The van der Waals surface area contributed by atoms with Gasteiger partial charge in [-0.25, -0.2) is 8.42 Å². The third-order valence-electron chi connectivity index (χ3n) is 8.15. The van der Waals surface area contributed by atoms with E-state index in [1.165, 1.54) is 18.2 Å². The van der Waals surface area contributed by atoms with Crippen LogP contribution in [0.5, 0.6) is 17.2 Å². The van der Waals surface area contributed by atoms with Crippen molar-refractivity contribution in [3.05, 3.63) is 59.7 Å². The number of carbonyl (C=O) groups is 1. The third kappa shape index (κ3) is 7.52. The number of guanidine groups is 1. The molecule has 2 fully saturated rings. The molecule has 2 aromatic carbocycles. The van der Waals surface area contributed by atoms with Crippen molar-refractivity contribution in [3.8, 4) is 17.2 Å². The maximum atomic E-state index is 14.1. The van der Waals surface area contributed by atoms with E-state index in [0.717, 1.165) is 37.9 Å². The number of hydrogen-bond acceptors (Lipinski definition) is 9. The molecular formula is C31H44N6O6S. The number of nitrogens with zero attached hydrogens (tertiary/aromatic N) is 4. The van der Waals surface area contributed by atoms with Crippen LogP contribution in [0.3, 0.4) is 0 Å². The first-order valence-corrected chi connectivity index (χ1v) is 16.3. The molecule has 1 unspecified atom stereocenters. The summed E-state index contributed by atoms with van der Waals surface area (Å²) in [4.78, 5) is 23.0. The molecule has 0 spiro atoms. The fourth-order valence-corrected chi connectivity index (χ4v) is 7.81. The van der Waals surface area contributed by atoms with Gasteiger partial charge in [0.05, 0.1) is 26.2 Å². The van der Waals surface area contributed by atoms with Crippen LogP contribution < -0.4 is 25.7 Å². The smallest absolute Gasteiger partial charge is 0.280 e. The quantitative estimate of drug-likeness (QED) is 0.202. The Kier molecular flexibility index (Phi) is 11.2. The Morgan fingerprint density at radius 3 is 2.05 bits per heavy atom. The van der Waals surface area contributed by atoms with Crippen molar-refractivity contribution in [2.75, 3.05) is 60.6 Å². The van der Waals surface area contributed by atoms with Gasteiger partial charge < -0.3 is 25.7 Å². The largest absolute Gasteiger partial charge is 0.493 e. The maximum Gasteiger partial charge on any atom is 0.280 e. The van der Waals surface area contributed by atoms with Crippen LogP contribution in [0.4, 0.5) is 0 Å². The molecule has 4 rings (SSSR count). The summed E-state index contributed by atoms with van der Waals surface area (Å²) in [6.45, 7) is 9.12. The molecule has 0 bridgehead atoms. The number of aliphatic imine (C=N–C) groups is 1. The molecule has 44 heavy (non-hydrogen) atoms. The average Bonchev–Trinajstić information content (AvgIpc) is 3.02. The highest BCUT2D eigenvalue weighted by Gasteiger charge is 2.34. The monoisotopic (exact) mass is 628 g/mol. The van der Waals surface area contributed by atoms with Crippen molar-refractivity contribution in [1.82, 2.24) is 14.7 Å². The highest BCUT2D eigenvalue weighted by Crippen LogP contribution is 2.40. The summed E-state index contributed by atoms with van der Waals surface area (Å²) in [5.74, 6) is 0.810. The summed E-state index contributed by atoms with van der Waals surface area (Å²) in [6.07, 6.45) is 4.47. The molecular weight excluding hydrogens is 584 g/mol. The number of sulfone groups is 1. The minimum atomic E-state index is -3.83. The van der Waals surface area contributed by atoms with Gasteiger partial charge in [0.1, 0.15) is 5.37 Å². The van der Waals surface area contributed by atoms with Crippen LogP contribution in [0.1, 0.15) is 40.7 Å². The number of piperidine rings is 1. The minimum absolute atomic E-state index is 0.187. The van der Waals surface area contributed by atoms with Gasteiger partial charge in [-0.05, 0) is 55.8 Å². The number of nitrogens with two attached hydrogens (primary N) is 2. The molecule has 4 N–H and O–H groups in total. The summed E-state index contributed by atoms with van der Waals surface area (Å²) >= 11 is 0. The van der Waals surface area contributed by atoms with Crippen molar-refractivity contribution in [1.29, 1.82) is 0 Å². The number of hydrogen-bond donors (Lipinski definition) is 2. The van der Waals surface area contributed by atoms with E-state index in [9.17, 15) is 13.2 Å². The molecule has 1 atom stereocenters. The predicted molar refractivity (Wildman–Crippen MR) is 170 cm³/mol. The highest BCUT2D eigenvalue weighted by atomic mass is 32.2. The van der Waals surface area contributed by atoms with Crippen LogP contribution in [0.2, 0.25) is 0 Å². The van der Waals surface area contributed by atoms with Gasteiger partial charge in [0.25, 0.3) is 5.91 Å². The highest BCUT2D eigenvalue weighted by molar-refractivity contribution is 7.92. The Morgan fingerprint density at radius 2 is 1.50 bits per heavy atom. The molecule has 12 nitrogen and oxygen atoms in total. The normalized spacial score (nSPS) is 17.4. The van der Waals surface area contributed by atoms with Crippen LogP contribution in [0, 0.1) is 0 Å². The van der Waals surface area contributed by atoms with E-state index in [1.807, 2.05) is 17.0 Å². The maximum absolute atomic E-state index is 14.1. The first kappa shape index (κ1) is 33.2. The van der Waals surface area contributed by atoms with Gasteiger partial charge in [0, 0.05) is 50.4 Å². The molecule has 13 heteroatoms. The Morgan fingerprint density at radius 1 is 0.886 bits per heavy atom. The second-order valence-corrected chi connectivity index (χ2v) is 13.0. The number of piperazine rings is 1. The number of carbonyl (C=O) groups excluding carboxylic acids is 1. The van der Waals surface area contributed by atoms with E-state index >= 15 is 0 Å². The molecule has 2 saturated heterocycles. The van der Waals surface area contributed by atoms with Crippen LogP contribution in [-0.4, -0.2) is 101 Å². The topological polar surface area (TPSA) is 153 Å². The van der Waals surface area contributed by atoms with E-state index in [1.54, 1.807) is 27.4 Å². The van der Waals surface area contributed by atoms with Gasteiger partial charge in [0.15, 0.2) is 27.3 Å². The van der Waals surface area contributed by atoms with Crippen molar-refractivity contribution in [2.45, 2.75) is 42.6 Å². The second kappa shape index (κ2) is 14.9. The molecule has 0 aromatic heterocycles. The summed E-state index contributed by atoms with van der Waals surface area (Å²) in [5.41, 5.74) is 12.6. The number of rotatable bonds is 12. The molecule has 0 radical (unpaired) electrons. The van der Waals surface area contributed by atoms with Crippen molar-refractivity contribution >= 4 is 21.7 Å². The summed E-state index contributed by atoms with van der Waals surface area (Å²) in [7, 11) is 0.951. The van der Waals surface area contributed by atoms with Gasteiger partial charge in [-0.15, -0.1) is 6.58 Å². The number of likely N-dealkylation sites (tertiary alicyclic amines) is 1. The molecule has 0 saturated carbocycles. The van der Waals surface area contributed by atoms with Crippen molar-refractivity contribution in [3.63, 3.8) is 0 Å². The fraction of sp³-hybridized carbons (Fsp3) is 0.484. The Balaban J connectivity index is 1.56. The first-order valence-electron chi connectivity index (χ1n) is 14.7. The zero-order valence-corrected chi connectivity index (χ0v) is 26.6. The van der Waals surface area contributed by atoms with E-state index in [-0.39, 0.29) is 16.4 Å². The first-order chi connectivity index (χ1) is 21.1. The standard InChI is InChI=1S/C31H44N6O6S/c1-5-27(37-13-7-6-8-14-37)44(39,40)26-12-10-22(30(38)34-31(32)33)19-24(26)21-36-17-15-35(16-18-36)20-23-9-11-25(41-2)29(43-4)28(23)42-3/h5,9-12,19,27H,1,6-8,13-18,20-21H2,2-4H3,(H4,32,33,34,38). The van der Waals surface area contributed by atoms with E-state index in [0.29, 0.717) is 62.1 Å². The predicted octanol–water partition coefficient (Wildman–Crippen LogP) is 2.22. The number of amides is 1. The Bertz CT molecular complexity index is 1460. The summed E-state index contributed by atoms with van der Waals surface area (Å²) in [5, 5.41) is -0.853. The summed E-state index contributed by atoms with van der Waals surface area (Å²) in [6, 6.07) is 8.40. The van der Waals surface area contributed by atoms with E-state index < -0.39 is 21.1 Å². The molecule has 2 heterocycles. The lowest BCUT2D eigenvalue weighted by Gasteiger charge is -2.36. The van der Waals surface area contributed by atoms with Gasteiger partial charge in [0.2, 0.25) is 5.75 Å². The van der Waals surface area contributed by atoms with Crippen LogP contribution >= 0.6 is 0 Å².